The van der Waals surface area contributed by atoms with Crippen molar-refractivity contribution in [3.8, 4) is 11.5 Å². The summed E-state index contributed by atoms with van der Waals surface area (Å²) < 4.78 is 27.8. The summed E-state index contributed by atoms with van der Waals surface area (Å²) in [6.07, 6.45) is -3.21. The van der Waals surface area contributed by atoms with E-state index in [-0.39, 0.29) is 11.5 Å². The summed E-state index contributed by atoms with van der Waals surface area (Å²) in [5, 5.41) is 60.1. The van der Waals surface area contributed by atoms with Crippen molar-refractivity contribution in [2.45, 2.75) is 48.7 Å². The third kappa shape index (κ3) is 4.33. The summed E-state index contributed by atoms with van der Waals surface area (Å²) in [6, 6.07) is 4.72. The number of aliphatic hydroxyl groups excluding tert-OH is 5. The van der Waals surface area contributed by atoms with E-state index in [1.807, 2.05) is 0 Å². The van der Waals surface area contributed by atoms with Gasteiger partial charge in [0.15, 0.2) is 23.6 Å². The Bertz CT molecular complexity index is 1070. The van der Waals surface area contributed by atoms with Crippen molar-refractivity contribution in [3.05, 3.63) is 42.2 Å². The van der Waals surface area contributed by atoms with Gasteiger partial charge < -0.3 is 54.3 Å². The summed E-state index contributed by atoms with van der Waals surface area (Å²) in [6.45, 7) is -1.03. The minimum absolute atomic E-state index is 0.0663. The first kappa shape index (κ1) is 26.1. The van der Waals surface area contributed by atoms with Crippen molar-refractivity contribution in [1.82, 2.24) is 0 Å². The van der Waals surface area contributed by atoms with Crippen molar-refractivity contribution < 1.29 is 59.1 Å². The van der Waals surface area contributed by atoms with E-state index < -0.39 is 79.7 Å². The quantitative estimate of drug-likeness (QED) is 0.175. The minimum atomic E-state index is -1.64. The van der Waals surface area contributed by atoms with Gasteiger partial charge in [0.1, 0.15) is 36.1 Å². The van der Waals surface area contributed by atoms with Crippen LogP contribution in [0.2, 0.25) is 0 Å². The fourth-order valence-electron chi connectivity index (χ4n) is 5.65. The number of hydrogen-bond acceptors (Lipinski definition) is 12. The minimum Gasteiger partial charge on any atom is -0.504 e. The number of rotatable bonds is 8. The smallest absolute Gasteiger partial charge is 0.208 e. The van der Waals surface area contributed by atoms with Gasteiger partial charge in [0, 0.05) is 5.92 Å². The van der Waals surface area contributed by atoms with Crippen LogP contribution in [-0.4, -0.2) is 105 Å². The van der Waals surface area contributed by atoms with E-state index in [1.54, 1.807) is 24.3 Å². The van der Waals surface area contributed by atoms with Crippen molar-refractivity contribution in [3.63, 3.8) is 0 Å². The fraction of sp³-hybridized carbons (Fsp3) is 0.560. The molecule has 3 heterocycles. The number of carbonyl (C=O) groups excluding carboxylic acids is 1. The molecule has 2 saturated heterocycles. The normalized spacial score (nSPS) is 42.2. The van der Waals surface area contributed by atoms with Crippen LogP contribution in [0.15, 0.2) is 36.6 Å². The third-order valence-corrected chi connectivity index (χ3v) is 7.63. The van der Waals surface area contributed by atoms with Crippen LogP contribution >= 0.6 is 0 Å². The maximum atomic E-state index is 13.3. The number of phenols is 1. The molecule has 1 aromatic rings. The zero-order chi connectivity index (χ0) is 26.5. The van der Waals surface area contributed by atoms with Gasteiger partial charge in [-0.25, -0.2) is 0 Å². The molecular weight excluding hydrogens is 492 g/mol. The number of phenolic OH excluding ortho intramolecular Hbond substituents is 1. The van der Waals surface area contributed by atoms with E-state index in [0.717, 1.165) is 0 Å². The lowest BCUT2D eigenvalue weighted by Gasteiger charge is -2.43. The van der Waals surface area contributed by atoms with Crippen LogP contribution in [0.5, 0.6) is 11.5 Å². The predicted molar refractivity (Wildman–Crippen MR) is 123 cm³/mol. The van der Waals surface area contributed by atoms with Crippen molar-refractivity contribution in [1.29, 1.82) is 0 Å². The Hall–Kier alpha value is -2.55. The highest BCUT2D eigenvalue weighted by Gasteiger charge is 2.76. The highest BCUT2D eigenvalue weighted by molar-refractivity contribution is 5.97. The first-order valence-corrected chi connectivity index (χ1v) is 11.9. The summed E-state index contributed by atoms with van der Waals surface area (Å²) in [7, 11) is 1.43. The van der Waals surface area contributed by atoms with E-state index in [2.05, 4.69) is 0 Å². The number of ether oxygens (including phenoxy) is 5. The second-order valence-electron chi connectivity index (χ2n) is 9.61. The molecule has 6 unspecified atom stereocenters. The zero-order valence-electron chi connectivity index (χ0n) is 19.9. The second-order valence-corrected chi connectivity index (χ2v) is 9.61. The van der Waals surface area contributed by atoms with Crippen LogP contribution in [0.1, 0.15) is 5.56 Å². The molecule has 1 aromatic carbocycles. The van der Waals surface area contributed by atoms with Crippen LogP contribution in [0.25, 0.3) is 6.08 Å². The van der Waals surface area contributed by atoms with Gasteiger partial charge >= 0.3 is 0 Å². The van der Waals surface area contributed by atoms with Gasteiger partial charge in [-0.05, 0) is 29.8 Å². The Kier molecular flexibility index (Phi) is 7.02. The van der Waals surface area contributed by atoms with E-state index in [1.165, 1.54) is 25.5 Å². The van der Waals surface area contributed by atoms with Crippen LogP contribution < -0.4 is 4.74 Å². The van der Waals surface area contributed by atoms with Crippen LogP contribution in [0.3, 0.4) is 0 Å². The summed E-state index contributed by atoms with van der Waals surface area (Å²) in [5.74, 6) is -1.80. The van der Waals surface area contributed by atoms with Gasteiger partial charge in [-0.15, -0.1) is 0 Å². The maximum Gasteiger partial charge on any atom is 0.208 e. The van der Waals surface area contributed by atoms with E-state index in [4.69, 9.17) is 23.7 Å². The molecule has 0 radical (unpaired) electrons. The molecule has 37 heavy (non-hydrogen) atoms. The highest BCUT2D eigenvalue weighted by Crippen LogP contribution is 2.62. The monoisotopic (exact) mass is 522 g/mol. The SMILES string of the molecule is COc1ccc(/C=C/C(=O)C2C3C=COC(O[C@@H]4O[C@H](CO)[C@@H](O)[C@H](O)[C@@H]4O)C3C3(CO)OC23)cc1O. The van der Waals surface area contributed by atoms with E-state index in [0.29, 0.717) is 11.3 Å². The van der Waals surface area contributed by atoms with E-state index >= 15 is 0 Å². The van der Waals surface area contributed by atoms with E-state index in [9.17, 15) is 35.4 Å². The number of fused-ring (bicyclic) bond motifs is 3. The number of methoxy groups -OCH3 is 1. The molecular formula is C25H30O12. The van der Waals surface area contributed by atoms with Gasteiger partial charge in [-0.1, -0.05) is 12.1 Å². The molecule has 12 heteroatoms. The predicted octanol–water partition coefficient (Wildman–Crippen LogP) is -1.34. The van der Waals surface area contributed by atoms with Gasteiger partial charge in [0.05, 0.1) is 38.4 Å². The lowest BCUT2D eigenvalue weighted by molar-refractivity contribution is -0.344. The lowest BCUT2D eigenvalue weighted by Crippen LogP contribution is -2.60. The van der Waals surface area contributed by atoms with Crippen molar-refractivity contribution >= 4 is 11.9 Å². The topological polar surface area (TPSA) is 188 Å². The number of allylic oxidation sites excluding steroid dienone is 2. The lowest BCUT2D eigenvalue weighted by atomic mass is 9.82. The first-order chi connectivity index (χ1) is 17.7. The summed E-state index contributed by atoms with van der Waals surface area (Å²) in [5.41, 5.74) is -0.543. The third-order valence-electron chi connectivity index (χ3n) is 7.63. The largest absolute Gasteiger partial charge is 0.504 e. The number of epoxide rings is 1. The Morgan fingerprint density at radius 1 is 1.14 bits per heavy atom. The highest BCUT2D eigenvalue weighted by atomic mass is 16.8. The Morgan fingerprint density at radius 2 is 1.92 bits per heavy atom. The summed E-state index contributed by atoms with van der Waals surface area (Å²) in [4.78, 5) is 13.3. The first-order valence-electron chi connectivity index (χ1n) is 11.9. The number of aliphatic hydroxyl groups is 5. The number of ketones is 1. The van der Waals surface area contributed by atoms with Crippen LogP contribution in [0.4, 0.5) is 0 Å². The van der Waals surface area contributed by atoms with Crippen LogP contribution in [0, 0.1) is 17.8 Å². The number of hydrogen-bond donors (Lipinski definition) is 6. The van der Waals surface area contributed by atoms with Gasteiger partial charge in [0.2, 0.25) is 6.29 Å². The molecule has 202 valence electrons. The Labute approximate surface area is 211 Å². The van der Waals surface area contributed by atoms with Gasteiger partial charge in [0.25, 0.3) is 0 Å². The van der Waals surface area contributed by atoms with Gasteiger partial charge in [-0.2, -0.15) is 0 Å². The second kappa shape index (κ2) is 9.97. The van der Waals surface area contributed by atoms with Crippen molar-refractivity contribution in [2.75, 3.05) is 20.3 Å². The molecule has 1 saturated carbocycles. The van der Waals surface area contributed by atoms with Crippen molar-refractivity contribution in [2.24, 2.45) is 17.8 Å². The molecule has 0 aromatic heterocycles. The Morgan fingerprint density at radius 3 is 2.59 bits per heavy atom. The molecule has 6 N–H and O–H groups in total. The molecule has 3 aliphatic heterocycles. The molecule has 0 amide bonds. The summed E-state index contributed by atoms with van der Waals surface area (Å²) >= 11 is 0. The molecule has 4 aliphatic rings. The average Bonchev–Trinajstić information content (AvgIpc) is 3.55. The van der Waals surface area contributed by atoms with Crippen LogP contribution in [-0.2, 0) is 23.7 Å². The standard InChI is InChI=1S/C25H30O12/c1-33-15-5-3-11(8-14(15)29)2-4-13(28)17-12-6-7-34-23(18(12)25(10-27)22(17)37-25)36-24-21(32)20(31)19(30)16(9-26)35-24/h2-8,12,16-24,26-27,29-32H,9-10H2,1H3/b4-2+/t12?,16-,17?,18?,19-,20+,21+,22?,23?,24+,25?/m1/s1. The zero-order valence-corrected chi connectivity index (χ0v) is 19.9. The fourth-order valence-corrected chi connectivity index (χ4v) is 5.65. The average molecular weight is 523 g/mol. The molecule has 5 rings (SSSR count). The molecule has 0 bridgehead atoms. The molecule has 12 nitrogen and oxygen atoms in total. The Balaban J connectivity index is 1.34. The maximum absolute atomic E-state index is 13.3. The van der Waals surface area contributed by atoms with Gasteiger partial charge in [-0.3, -0.25) is 4.79 Å². The molecule has 0 spiro atoms. The number of aromatic hydroxyl groups is 1. The number of benzene rings is 1. The number of carbonyl (C=O) groups is 1. The molecule has 3 fully saturated rings. The molecule has 11 atom stereocenters. The molecule has 1 aliphatic carbocycles.